The maximum Gasteiger partial charge on any atom is 0.325 e. The lowest BCUT2D eigenvalue weighted by atomic mass is 10.3. The SMILES string of the molecule is CCOc1ccc(N2CCN(CC(=O)Nc3ccc(F)cc3)C2=O)cc1. The van der Waals surface area contributed by atoms with Gasteiger partial charge in [-0.25, -0.2) is 9.18 Å². The van der Waals surface area contributed by atoms with Crippen LogP contribution < -0.4 is 15.0 Å². The fraction of sp³-hybridized carbons (Fsp3) is 0.263. The van der Waals surface area contributed by atoms with E-state index in [1.165, 1.54) is 29.2 Å². The van der Waals surface area contributed by atoms with Crippen LogP contribution in [0.3, 0.4) is 0 Å². The van der Waals surface area contributed by atoms with Gasteiger partial charge in [-0.15, -0.1) is 0 Å². The Morgan fingerprint density at radius 1 is 1.12 bits per heavy atom. The first kappa shape index (κ1) is 17.7. The van der Waals surface area contributed by atoms with Crippen molar-refractivity contribution in [3.05, 3.63) is 54.3 Å². The molecule has 2 aromatic rings. The Morgan fingerprint density at radius 3 is 2.46 bits per heavy atom. The minimum absolute atomic E-state index is 0.0518. The number of hydrogen-bond acceptors (Lipinski definition) is 3. The maximum atomic E-state index is 12.9. The highest BCUT2D eigenvalue weighted by Crippen LogP contribution is 2.23. The number of amides is 3. The molecule has 136 valence electrons. The minimum atomic E-state index is -0.372. The van der Waals surface area contributed by atoms with Crippen molar-refractivity contribution in [3.8, 4) is 5.75 Å². The van der Waals surface area contributed by atoms with Crippen LogP contribution in [0.1, 0.15) is 6.92 Å². The zero-order valence-electron chi connectivity index (χ0n) is 14.4. The number of nitrogens with zero attached hydrogens (tertiary/aromatic N) is 2. The van der Waals surface area contributed by atoms with Gasteiger partial charge in [0.1, 0.15) is 18.1 Å². The Labute approximate surface area is 151 Å². The Hall–Kier alpha value is -3.09. The summed E-state index contributed by atoms with van der Waals surface area (Å²) in [5.74, 6) is 0.0562. The molecule has 1 fully saturated rings. The molecule has 3 rings (SSSR count). The number of carbonyl (C=O) groups is 2. The van der Waals surface area contributed by atoms with Crippen molar-refractivity contribution < 1.29 is 18.7 Å². The molecule has 26 heavy (non-hydrogen) atoms. The maximum absolute atomic E-state index is 12.9. The Balaban J connectivity index is 1.58. The van der Waals surface area contributed by atoms with Gasteiger partial charge in [-0.1, -0.05) is 0 Å². The summed E-state index contributed by atoms with van der Waals surface area (Å²) in [6.45, 7) is 3.41. The first-order valence-electron chi connectivity index (χ1n) is 8.41. The standard InChI is InChI=1S/C19H20FN3O3/c1-2-26-17-9-7-16(8-10-17)23-12-11-22(19(23)25)13-18(24)21-15-5-3-14(20)4-6-15/h3-10H,2,11-13H2,1H3,(H,21,24). The molecule has 1 aliphatic heterocycles. The van der Waals surface area contributed by atoms with E-state index in [-0.39, 0.29) is 24.3 Å². The summed E-state index contributed by atoms with van der Waals surface area (Å²) in [6.07, 6.45) is 0. The number of ether oxygens (including phenoxy) is 1. The van der Waals surface area contributed by atoms with Crippen LogP contribution >= 0.6 is 0 Å². The molecule has 0 spiro atoms. The van der Waals surface area contributed by atoms with Crippen LogP contribution in [-0.4, -0.2) is 43.1 Å². The van der Waals surface area contributed by atoms with Gasteiger partial charge in [-0.05, 0) is 55.5 Å². The van der Waals surface area contributed by atoms with E-state index in [2.05, 4.69) is 5.32 Å². The molecule has 0 aliphatic carbocycles. The third kappa shape index (κ3) is 4.11. The van der Waals surface area contributed by atoms with E-state index in [1.54, 1.807) is 4.90 Å². The number of urea groups is 1. The summed E-state index contributed by atoms with van der Waals surface area (Å²) in [5, 5.41) is 2.66. The van der Waals surface area contributed by atoms with Crippen molar-refractivity contribution in [1.82, 2.24) is 4.90 Å². The number of hydrogen-bond donors (Lipinski definition) is 1. The minimum Gasteiger partial charge on any atom is -0.494 e. The Bertz CT molecular complexity index is 778. The van der Waals surface area contributed by atoms with Crippen LogP contribution in [0.2, 0.25) is 0 Å². The van der Waals surface area contributed by atoms with Gasteiger partial charge in [0.05, 0.1) is 6.61 Å². The molecule has 0 unspecified atom stereocenters. The lowest BCUT2D eigenvalue weighted by Gasteiger charge is -2.18. The molecule has 0 saturated carbocycles. The highest BCUT2D eigenvalue weighted by Gasteiger charge is 2.30. The Morgan fingerprint density at radius 2 is 1.81 bits per heavy atom. The van der Waals surface area contributed by atoms with E-state index >= 15 is 0 Å². The largest absolute Gasteiger partial charge is 0.494 e. The molecule has 1 N–H and O–H groups in total. The van der Waals surface area contributed by atoms with Crippen molar-refractivity contribution in [1.29, 1.82) is 0 Å². The summed E-state index contributed by atoms with van der Waals surface area (Å²) < 4.78 is 18.3. The van der Waals surface area contributed by atoms with Crippen LogP contribution in [0.25, 0.3) is 0 Å². The van der Waals surface area contributed by atoms with E-state index in [0.29, 0.717) is 25.4 Å². The topological polar surface area (TPSA) is 61.9 Å². The average molecular weight is 357 g/mol. The molecule has 1 aliphatic rings. The van der Waals surface area contributed by atoms with Gasteiger partial charge >= 0.3 is 6.03 Å². The summed E-state index contributed by atoms with van der Waals surface area (Å²) in [5.41, 5.74) is 1.26. The molecule has 0 aromatic heterocycles. The molecule has 3 amide bonds. The number of rotatable bonds is 6. The molecule has 1 saturated heterocycles. The zero-order chi connectivity index (χ0) is 18.5. The van der Waals surface area contributed by atoms with Gasteiger partial charge in [-0.2, -0.15) is 0 Å². The van der Waals surface area contributed by atoms with Gasteiger partial charge in [0, 0.05) is 24.5 Å². The van der Waals surface area contributed by atoms with Crippen LogP contribution in [0.5, 0.6) is 5.75 Å². The predicted molar refractivity (Wildman–Crippen MR) is 97.0 cm³/mol. The normalized spacial score (nSPS) is 13.8. The number of halogens is 1. The quantitative estimate of drug-likeness (QED) is 0.864. The molecule has 2 aromatic carbocycles. The van der Waals surface area contributed by atoms with Crippen LogP contribution in [0, 0.1) is 5.82 Å². The van der Waals surface area contributed by atoms with Crippen molar-refractivity contribution in [2.45, 2.75) is 6.92 Å². The second-order valence-electron chi connectivity index (χ2n) is 5.84. The van der Waals surface area contributed by atoms with E-state index < -0.39 is 0 Å². The van der Waals surface area contributed by atoms with Gasteiger partial charge in [0.25, 0.3) is 0 Å². The van der Waals surface area contributed by atoms with Gasteiger partial charge < -0.3 is 15.0 Å². The molecule has 1 heterocycles. The van der Waals surface area contributed by atoms with Crippen molar-refractivity contribution in [2.24, 2.45) is 0 Å². The van der Waals surface area contributed by atoms with Crippen molar-refractivity contribution >= 4 is 23.3 Å². The molecular weight excluding hydrogens is 337 g/mol. The molecule has 6 nitrogen and oxygen atoms in total. The zero-order valence-corrected chi connectivity index (χ0v) is 14.4. The van der Waals surface area contributed by atoms with Crippen molar-refractivity contribution in [2.75, 3.05) is 36.5 Å². The van der Waals surface area contributed by atoms with Crippen LogP contribution in [0.15, 0.2) is 48.5 Å². The summed E-state index contributed by atoms with van der Waals surface area (Å²) >= 11 is 0. The summed E-state index contributed by atoms with van der Waals surface area (Å²) in [4.78, 5) is 27.8. The van der Waals surface area contributed by atoms with Crippen LogP contribution in [-0.2, 0) is 4.79 Å². The number of anilines is 2. The number of nitrogens with one attached hydrogen (secondary N) is 1. The third-order valence-electron chi connectivity index (χ3n) is 4.02. The molecule has 0 bridgehead atoms. The van der Waals surface area contributed by atoms with Crippen LogP contribution in [0.4, 0.5) is 20.6 Å². The summed E-state index contributed by atoms with van der Waals surface area (Å²) in [7, 11) is 0. The van der Waals surface area contributed by atoms with Gasteiger partial charge in [-0.3, -0.25) is 9.69 Å². The monoisotopic (exact) mass is 357 g/mol. The first-order chi connectivity index (χ1) is 12.6. The number of carbonyl (C=O) groups excluding carboxylic acids is 2. The fourth-order valence-corrected chi connectivity index (χ4v) is 2.76. The lowest BCUT2D eigenvalue weighted by molar-refractivity contribution is -0.116. The second kappa shape index (κ2) is 7.86. The van der Waals surface area contributed by atoms with Gasteiger partial charge in [0.2, 0.25) is 5.91 Å². The number of benzene rings is 2. The third-order valence-corrected chi connectivity index (χ3v) is 4.02. The highest BCUT2D eigenvalue weighted by molar-refractivity contribution is 5.99. The Kier molecular flexibility index (Phi) is 5.36. The second-order valence-corrected chi connectivity index (χ2v) is 5.84. The average Bonchev–Trinajstić information content (AvgIpc) is 2.98. The molecule has 7 heteroatoms. The van der Waals surface area contributed by atoms with Crippen molar-refractivity contribution in [3.63, 3.8) is 0 Å². The molecule has 0 atom stereocenters. The smallest absolute Gasteiger partial charge is 0.325 e. The predicted octanol–water partition coefficient (Wildman–Crippen LogP) is 3.11. The van der Waals surface area contributed by atoms with E-state index in [9.17, 15) is 14.0 Å². The first-order valence-corrected chi connectivity index (χ1v) is 8.41. The highest BCUT2D eigenvalue weighted by atomic mass is 19.1. The van der Waals surface area contributed by atoms with E-state index in [1.807, 2.05) is 31.2 Å². The molecule has 0 radical (unpaired) electrons. The van der Waals surface area contributed by atoms with Gasteiger partial charge in [0.15, 0.2) is 0 Å². The van der Waals surface area contributed by atoms with E-state index in [4.69, 9.17) is 4.74 Å². The summed E-state index contributed by atoms with van der Waals surface area (Å²) in [6, 6.07) is 12.6. The molecular formula is C19H20FN3O3. The van der Waals surface area contributed by atoms with E-state index in [0.717, 1.165) is 11.4 Å². The lowest BCUT2D eigenvalue weighted by Crippen LogP contribution is -2.37. The fourth-order valence-electron chi connectivity index (χ4n) is 2.76.